The molecule has 0 aliphatic heterocycles. The van der Waals surface area contributed by atoms with Crippen LogP contribution in [0.1, 0.15) is 12.5 Å². The van der Waals surface area contributed by atoms with E-state index in [0.717, 1.165) is 0 Å². The van der Waals surface area contributed by atoms with Crippen molar-refractivity contribution in [2.24, 2.45) is 5.73 Å². The molecule has 6 heteroatoms. The maximum absolute atomic E-state index is 11.5. The first kappa shape index (κ1) is 14.4. The highest BCUT2D eigenvalue weighted by Crippen LogP contribution is 2.25. The zero-order valence-electron chi connectivity index (χ0n) is 10.4. The van der Waals surface area contributed by atoms with E-state index in [4.69, 9.17) is 27.4 Å². The summed E-state index contributed by atoms with van der Waals surface area (Å²) >= 11 is 4.87. The van der Waals surface area contributed by atoms with Crippen molar-refractivity contribution in [3.8, 4) is 5.75 Å². The third-order valence-electron chi connectivity index (χ3n) is 2.20. The summed E-state index contributed by atoms with van der Waals surface area (Å²) in [4.78, 5) is 11.8. The number of anilines is 1. The molecule has 0 spiro atoms. The van der Waals surface area contributed by atoms with Crippen molar-refractivity contribution in [3.05, 3.63) is 23.8 Å². The van der Waals surface area contributed by atoms with Crippen molar-refractivity contribution >= 4 is 28.8 Å². The Hall–Kier alpha value is -1.66. The van der Waals surface area contributed by atoms with E-state index in [-0.39, 0.29) is 17.5 Å². The van der Waals surface area contributed by atoms with E-state index in [1.807, 2.05) is 6.92 Å². The average Bonchev–Trinajstić information content (AvgIpc) is 2.36. The summed E-state index contributed by atoms with van der Waals surface area (Å²) in [5.74, 6) is 0.267. The Kier molecular flexibility index (Phi) is 5.54. The highest BCUT2D eigenvalue weighted by molar-refractivity contribution is 7.80. The molecular formula is C12H16N2O3S. The molecule has 0 radical (unpaired) electrons. The molecular weight excluding hydrogens is 252 g/mol. The molecule has 0 aromatic heterocycles. The van der Waals surface area contributed by atoms with Crippen LogP contribution < -0.4 is 15.8 Å². The molecule has 0 unspecified atom stereocenters. The lowest BCUT2D eigenvalue weighted by molar-refractivity contribution is -0.120. The fraction of sp³-hybridized carbons (Fsp3) is 0.333. The average molecular weight is 268 g/mol. The van der Waals surface area contributed by atoms with Gasteiger partial charge in [-0.3, -0.25) is 4.79 Å². The van der Waals surface area contributed by atoms with Crippen molar-refractivity contribution in [1.82, 2.24) is 0 Å². The van der Waals surface area contributed by atoms with Gasteiger partial charge in [-0.05, 0) is 25.1 Å². The molecule has 0 aliphatic rings. The minimum atomic E-state index is -0.238. The summed E-state index contributed by atoms with van der Waals surface area (Å²) in [6, 6.07) is 5.09. The summed E-state index contributed by atoms with van der Waals surface area (Å²) in [6.07, 6.45) is 0. The van der Waals surface area contributed by atoms with E-state index in [1.165, 1.54) is 7.11 Å². The van der Waals surface area contributed by atoms with E-state index >= 15 is 0 Å². The highest BCUT2D eigenvalue weighted by atomic mass is 32.1. The van der Waals surface area contributed by atoms with Gasteiger partial charge >= 0.3 is 0 Å². The van der Waals surface area contributed by atoms with E-state index in [9.17, 15) is 4.79 Å². The number of ether oxygens (including phenoxy) is 2. The second-order valence-electron chi connectivity index (χ2n) is 3.46. The number of carbonyl (C=O) groups is 1. The molecule has 18 heavy (non-hydrogen) atoms. The van der Waals surface area contributed by atoms with Crippen LogP contribution in [0.2, 0.25) is 0 Å². The van der Waals surface area contributed by atoms with Crippen molar-refractivity contribution < 1.29 is 14.3 Å². The van der Waals surface area contributed by atoms with Crippen LogP contribution in [0.25, 0.3) is 0 Å². The zero-order valence-corrected chi connectivity index (χ0v) is 11.2. The summed E-state index contributed by atoms with van der Waals surface area (Å²) < 4.78 is 10.2. The molecule has 98 valence electrons. The predicted octanol–water partition coefficient (Wildman–Crippen LogP) is 1.30. The maximum Gasteiger partial charge on any atom is 0.250 e. The molecule has 0 aliphatic carbocycles. The number of hydrogen-bond donors (Lipinski definition) is 2. The van der Waals surface area contributed by atoms with Crippen molar-refractivity contribution in [1.29, 1.82) is 0 Å². The molecule has 0 saturated heterocycles. The summed E-state index contributed by atoms with van der Waals surface area (Å²) in [6.45, 7) is 2.33. The van der Waals surface area contributed by atoms with Gasteiger partial charge in [0, 0.05) is 12.2 Å². The van der Waals surface area contributed by atoms with Gasteiger partial charge < -0.3 is 20.5 Å². The molecule has 1 aromatic carbocycles. The van der Waals surface area contributed by atoms with Gasteiger partial charge in [-0.2, -0.15) is 0 Å². The molecule has 0 heterocycles. The number of rotatable bonds is 6. The van der Waals surface area contributed by atoms with Gasteiger partial charge in [-0.1, -0.05) is 12.2 Å². The molecule has 0 fully saturated rings. The minimum Gasteiger partial charge on any atom is -0.495 e. The highest BCUT2D eigenvalue weighted by Gasteiger charge is 2.09. The zero-order chi connectivity index (χ0) is 13.5. The van der Waals surface area contributed by atoms with Gasteiger partial charge in [-0.25, -0.2) is 0 Å². The molecule has 0 atom stereocenters. The third kappa shape index (κ3) is 3.97. The fourth-order valence-corrected chi connectivity index (χ4v) is 1.46. The first-order chi connectivity index (χ1) is 8.58. The largest absolute Gasteiger partial charge is 0.495 e. The molecule has 5 nitrogen and oxygen atoms in total. The lowest BCUT2D eigenvalue weighted by Crippen LogP contribution is -2.19. The second kappa shape index (κ2) is 6.93. The van der Waals surface area contributed by atoms with Crippen LogP contribution in [0.3, 0.4) is 0 Å². The van der Waals surface area contributed by atoms with Gasteiger partial charge in [0.15, 0.2) is 0 Å². The Morgan fingerprint density at radius 2 is 2.22 bits per heavy atom. The molecule has 3 N–H and O–H groups in total. The number of carbonyl (C=O) groups excluding carboxylic acids is 1. The maximum atomic E-state index is 11.5. The lowest BCUT2D eigenvalue weighted by atomic mass is 10.2. The fourth-order valence-electron chi connectivity index (χ4n) is 1.33. The third-order valence-corrected chi connectivity index (χ3v) is 2.43. The van der Waals surface area contributed by atoms with E-state index in [1.54, 1.807) is 18.2 Å². The van der Waals surface area contributed by atoms with Gasteiger partial charge in [0.25, 0.3) is 0 Å². The van der Waals surface area contributed by atoms with Crippen LogP contribution in [-0.2, 0) is 9.53 Å². The van der Waals surface area contributed by atoms with Gasteiger partial charge in [0.05, 0.1) is 12.8 Å². The smallest absolute Gasteiger partial charge is 0.250 e. The van der Waals surface area contributed by atoms with Crippen molar-refractivity contribution in [2.75, 3.05) is 25.6 Å². The Morgan fingerprint density at radius 3 is 2.78 bits per heavy atom. The predicted molar refractivity (Wildman–Crippen MR) is 74.0 cm³/mol. The number of hydrogen-bond acceptors (Lipinski definition) is 4. The molecule has 1 rings (SSSR count). The number of methoxy groups -OCH3 is 1. The van der Waals surface area contributed by atoms with Gasteiger partial charge in [0.2, 0.25) is 5.91 Å². The van der Waals surface area contributed by atoms with Crippen LogP contribution in [-0.4, -0.2) is 31.2 Å². The van der Waals surface area contributed by atoms with E-state index in [0.29, 0.717) is 23.6 Å². The van der Waals surface area contributed by atoms with Crippen LogP contribution in [0.15, 0.2) is 18.2 Å². The Labute approximate surface area is 111 Å². The molecule has 1 amide bonds. The number of benzene rings is 1. The summed E-state index contributed by atoms with van der Waals surface area (Å²) in [5.41, 5.74) is 6.77. The Morgan fingerprint density at radius 1 is 1.50 bits per heavy atom. The number of amides is 1. The van der Waals surface area contributed by atoms with Gasteiger partial charge in [0.1, 0.15) is 17.3 Å². The number of nitrogens with two attached hydrogens (primary N) is 1. The molecule has 0 bridgehead atoms. The quantitative estimate of drug-likeness (QED) is 0.761. The Bertz CT molecular complexity index is 449. The number of thiocarbonyl (C=S) groups is 1. The van der Waals surface area contributed by atoms with Crippen LogP contribution >= 0.6 is 12.2 Å². The topological polar surface area (TPSA) is 73.6 Å². The molecule has 1 aromatic rings. The van der Waals surface area contributed by atoms with Crippen LogP contribution in [0.5, 0.6) is 5.75 Å². The van der Waals surface area contributed by atoms with E-state index < -0.39 is 0 Å². The molecule has 0 saturated carbocycles. The second-order valence-corrected chi connectivity index (χ2v) is 3.90. The van der Waals surface area contributed by atoms with E-state index in [2.05, 4.69) is 5.32 Å². The standard InChI is InChI=1S/C12H16N2O3S/c1-3-17-7-11(15)14-9-5-4-8(12(13)18)6-10(9)16-2/h4-6H,3,7H2,1-2H3,(H2,13,18)(H,14,15). The lowest BCUT2D eigenvalue weighted by Gasteiger charge is -2.11. The minimum absolute atomic E-state index is 0.0106. The van der Waals surface area contributed by atoms with Crippen molar-refractivity contribution in [2.45, 2.75) is 6.92 Å². The normalized spacial score (nSPS) is 9.89. The number of nitrogens with one attached hydrogen (secondary N) is 1. The first-order valence-electron chi connectivity index (χ1n) is 5.44. The monoisotopic (exact) mass is 268 g/mol. The SMILES string of the molecule is CCOCC(=O)Nc1ccc(C(N)=S)cc1OC. The first-order valence-corrected chi connectivity index (χ1v) is 5.84. The summed E-state index contributed by atoms with van der Waals surface area (Å²) in [5, 5.41) is 2.69. The van der Waals surface area contributed by atoms with Crippen LogP contribution in [0.4, 0.5) is 5.69 Å². The van der Waals surface area contributed by atoms with Crippen molar-refractivity contribution in [3.63, 3.8) is 0 Å². The summed E-state index contributed by atoms with van der Waals surface area (Å²) in [7, 11) is 1.51. The van der Waals surface area contributed by atoms with Crippen LogP contribution in [0, 0.1) is 0 Å². The Balaban J connectivity index is 2.82. The van der Waals surface area contributed by atoms with Gasteiger partial charge in [-0.15, -0.1) is 0 Å².